The lowest BCUT2D eigenvalue weighted by Crippen LogP contribution is -2.09. The molecule has 2 aromatic rings. The van der Waals surface area contributed by atoms with Crippen LogP contribution in [0.1, 0.15) is 36.4 Å². The summed E-state index contributed by atoms with van der Waals surface area (Å²) in [4.78, 5) is 5.49. The van der Waals surface area contributed by atoms with Crippen LogP contribution in [0.5, 0.6) is 0 Å². The van der Waals surface area contributed by atoms with Crippen LogP contribution in [0.25, 0.3) is 0 Å². The summed E-state index contributed by atoms with van der Waals surface area (Å²) in [7, 11) is 0. The Balaban J connectivity index is 1.91. The Morgan fingerprint density at radius 2 is 2.41 bits per heavy atom. The van der Waals surface area contributed by atoms with Gasteiger partial charge in [0.15, 0.2) is 5.82 Å². The molecule has 2 aromatic heterocycles. The van der Waals surface area contributed by atoms with Crippen molar-refractivity contribution >= 4 is 11.3 Å². The third-order valence-electron chi connectivity index (χ3n) is 2.45. The molecule has 0 aromatic carbocycles. The summed E-state index contributed by atoms with van der Waals surface area (Å²) in [5.41, 5.74) is 0. The molecule has 0 radical (unpaired) electrons. The van der Waals surface area contributed by atoms with Crippen LogP contribution in [0, 0.1) is 0 Å². The number of thiophene rings is 1. The van der Waals surface area contributed by atoms with Crippen molar-refractivity contribution < 1.29 is 9.63 Å². The summed E-state index contributed by atoms with van der Waals surface area (Å²) in [5, 5.41) is 15.6. The van der Waals surface area contributed by atoms with Crippen molar-refractivity contribution in [1.82, 2.24) is 10.1 Å². The van der Waals surface area contributed by atoms with E-state index < -0.39 is 0 Å². The molecule has 2 rings (SSSR count). The van der Waals surface area contributed by atoms with E-state index in [2.05, 4.69) is 10.1 Å². The highest BCUT2D eigenvalue weighted by molar-refractivity contribution is 7.09. The lowest BCUT2D eigenvalue weighted by atomic mass is 10.1. The minimum Gasteiger partial charge on any atom is -0.393 e. The first kappa shape index (κ1) is 12.3. The molecule has 1 unspecified atom stereocenters. The summed E-state index contributed by atoms with van der Waals surface area (Å²) in [6.45, 7) is 2.04. The fraction of sp³-hybridized carbons (Fsp3) is 0.500. The maximum Gasteiger partial charge on any atom is 0.229 e. The predicted octanol–water partition coefficient (Wildman–Crippen LogP) is 2.43. The van der Waals surface area contributed by atoms with Gasteiger partial charge in [-0.15, -0.1) is 11.3 Å². The molecule has 92 valence electrons. The van der Waals surface area contributed by atoms with E-state index in [4.69, 9.17) is 4.52 Å². The Labute approximate surface area is 104 Å². The predicted molar refractivity (Wildman–Crippen MR) is 66.0 cm³/mol. The lowest BCUT2D eigenvalue weighted by Gasteiger charge is -2.03. The molecule has 0 saturated carbocycles. The Morgan fingerprint density at radius 3 is 3.12 bits per heavy atom. The van der Waals surface area contributed by atoms with Gasteiger partial charge in [0.1, 0.15) is 0 Å². The van der Waals surface area contributed by atoms with Crippen LogP contribution in [0.2, 0.25) is 0 Å². The van der Waals surface area contributed by atoms with Crippen molar-refractivity contribution in [2.75, 3.05) is 0 Å². The van der Waals surface area contributed by atoms with Crippen LogP contribution in [-0.2, 0) is 12.8 Å². The average Bonchev–Trinajstić information content (AvgIpc) is 2.91. The van der Waals surface area contributed by atoms with Gasteiger partial charge >= 0.3 is 0 Å². The van der Waals surface area contributed by atoms with E-state index in [1.807, 2.05) is 24.4 Å². The van der Waals surface area contributed by atoms with Crippen LogP contribution in [0.15, 0.2) is 22.0 Å². The van der Waals surface area contributed by atoms with Crippen LogP contribution in [-0.4, -0.2) is 21.4 Å². The summed E-state index contributed by atoms with van der Waals surface area (Å²) < 4.78 is 5.11. The van der Waals surface area contributed by atoms with E-state index in [1.54, 1.807) is 11.3 Å². The summed E-state index contributed by atoms with van der Waals surface area (Å²) in [6, 6.07) is 4.05. The SMILES string of the molecule is CCCC(O)Cc1nc(Cc2cccs2)no1. The third kappa shape index (κ3) is 3.64. The average molecular weight is 252 g/mol. The van der Waals surface area contributed by atoms with Gasteiger partial charge in [0.2, 0.25) is 5.89 Å². The molecule has 0 saturated heterocycles. The third-order valence-corrected chi connectivity index (χ3v) is 3.33. The van der Waals surface area contributed by atoms with Crippen molar-refractivity contribution in [2.24, 2.45) is 0 Å². The van der Waals surface area contributed by atoms with Crippen molar-refractivity contribution in [3.8, 4) is 0 Å². The van der Waals surface area contributed by atoms with Gasteiger partial charge < -0.3 is 9.63 Å². The molecule has 17 heavy (non-hydrogen) atoms. The Bertz CT molecular complexity index is 439. The molecule has 0 fully saturated rings. The highest BCUT2D eigenvalue weighted by Gasteiger charge is 2.12. The zero-order valence-electron chi connectivity index (χ0n) is 9.80. The van der Waals surface area contributed by atoms with Gasteiger partial charge in [0, 0.05) is 11.3 Å². The number of hydrogen-bond acceptors (Lipinski definition) is 5. The number of aliphatic hydroxyl groups excluding tert-OH is 1. The molecule has 5 heteroatoms. The van der Waals surface area contributed by atoms with Crippen LogP contribution in [0.3, 0.4) is 0 Å². The quantitative estimate of drug-likeness (QED) is 0.857. The highest BCUT2D eigenvalue weighted by Crippen LogP contribution is 2.13. The van der Waals surface area contributed by atoms with Gasteiger partial charge in [-0.05, 0) is 17.9 Å². The number of aliphatic hydroxyl groups is 1. The van der Waals surface area contributed by atoms with E-state index in [1.165, 1.54) is 4.88 Å². The molecular formula is C12H16N2O2S. The van der Waals surface area contributed by atoms with Crippen molar-refractivity contribution in [1.29, 1.82) is 0 Å². The lowest BCUT2D eigenvalue weighted by molar-refractivity contribution is 0.151. The zero-order chi connectivity index (χ0) is 12.1. The van der Waals surface area contributed by atoms with Crippen molar-refractivity contribution in [3.63, 3.8) is 0 Å². The van der Waals surface area contributed by atoms with Crippen LogP contribution >= 0.6 is 11.3 Å². The van der Waals surface area contributed by atoms with E-state index >= 15 is 0 Å². The summed E-state index contributed by atoms with van der Waals surface area (Å²) in [5.74, 6) is 1.21. The second-order valence-corrected chi connectivity index (χ2v) is 5.04. The minimum atomic E-state index is -0.380. The summed E-state index contributed by atoms with van der Waals surface area (Å²) >= 11 is 1.68. The smallest absolute Gasteiger partial charge is 0.229 e. The first-order chi connectivity index (χ1) is 8.28. The highest BCUT2D eigenvalue weighted by atomic mass is 32.1. The molecule has 1 atom stereocenters. The molecule has 0 spiro atoms. The van der Waals surface area contributed by atoms with Gasteiger partial charge in [-0.3, -0.25) is 0 Å². The molecule has 0 aliphatic rings. The number of hydrogen-bond donors (Lipinski definition) is 1. The standard InChI is InChI=1S/C12H16N2O2S/c1-2-4-9(15)7-12-13-11(14-16-12)8-10-5-3-6-17-10/h3,5-6,9,15H,2,4,7-8H2,1H3. The second-order valence-electron chi connectivity index (χ2n) is 4.01. The van der Waals surface area contributed by atoms with E-state index in [0.29, 0.717) is 24.6 Å². The molecule has 0 bridgehead atoms. The minimum absolute atomic E-state index is 0.380. The van der Waals surface area contributed by atoms with Gasteiger partial charge in [0.05, 0.1) is 12.5 Å². The Kier molecular flexibility index (Phi) is 4.28. The maximum absolute atomic E-state index is 9.64. The van der Waals surface area contributed by atoms with Crippen molar-refractivity contribution in [3.05, 3.63) is 34.1 Å². The van der Waals surface area contributed by atoms with Crippen LogP contribution in [0.4, 0.5) is 0 Å². The fourth-order valence-electron chi connectivity index (χ4n) is 1.65. The maximum atomic E-state index is 9.64. The van der Waals surface area contributed by atoms with Gasteiger partial charge in [-0.25, -0.2) is 0 Å². The fourth-order valence-corrected chi connectivity index (χ4v) is 2.35. The monoisotopic (exact) mass is 252 g/mol. The van der Waals surface area contributed by atoms with E-state index in [0.717, 1.165) is 12.8 Å². The second kappa shape index (κ2) is 5.93. The summed E-state index contributed by atoms with van der Waals surface area (Å²) in [6.07, 6.45) is 2.49. The van der Waals surface area contributed by atoms with Gasteiger partial charge in [0.25, 0.3) is 0 Å². The van der Waals surface area contributed by atoms with Gasteiger partial charge in [-0.2, -0.15) is 4.98 Å². The molecule has 2 heterocycles. The Morgan fingerprint density at radius 1 is 1.53 bits per heavy atom. The number of nitrogens with zero attached hydrogens (tertiary/aromatic N) is 2. The molecule has 0 aliphatic heterocycles. The molecule has 0 aliphatic carbocycles. The zero-order valence-corrected chi connectivity index (χ0v) is 10.6. The van der Waals surface area contributed by atoms with Crippen LogP contribution < -0.4 is 0 Å². The number of aromatic nitrogens is 2. The number of rotatable bonds is 6. The molecule has 0 amide bonds. The topological polar surface area (TPSA) is 59.2 Å². The largest absolute Gasteiger partial charge is 0.393 e. The molecule has 4 nitrogen and oxygen atoms in total. The normalized spacial score (nSPS) is 12.8. The Hall–Kier alpha value is -1.20. The first-order valence-electron chi connectivity index (χ1n) is 5.80. The first-order valence-corrected chi connectivity index (χ1v) is 6.67. The van der Waals surface area contributed by atoms with E-state index in [9.17, 15) is 5.11 Å². The molecule has 1 N–H and O–H groups in total. The van der Waals surface area contributed by atoms with E-state index in [-0.39, 0.29) is 6.10 Å². The van der Waals surface area contributed by atoms with Crippen molar-refractivity contribution in [2.45, 2.75) is 38.7 Å². The molecular weight excluding hydrogens is 236 g/mol. The van der Waals surface area contributed by atoms with Gasteiger partial charge in [-0.1, -0.05) is 24.6 Å².